The molecule has 1 aliphatic rings. The second-order valence-electron chi connectivity index (χ2n) is 6.69. The third-order valence-electron chi connectivity index (χ3n) is 4.46. The number of carbonyl (C=O) groups excluding carboxylic acids is 1. The van der Waals surface area contributed by atoms with Crippen molar-refractivity contribution in [3.05, 3.63) is 64.4 Å². The maximum Gasteiger partial charge on any atom is 0.251 e. The molecule has 0 aliphatic heterocycles. The van der Waals surface area contributed by atoms with Crippen LogP contribution in [0.15, 0.2) is 47.4 Å². The van der Waals surface area contributed by atoms with E-state index in [0.29, 0.717) is 18.0 Å². The Bertz CT molecular complexity index is 961. The second kappa shape index (κ2) is 7.96. The molecule has 1 unspecified atom stereocenters. The maximum absolute atomic E-state index is 13.3. The molecule has 0 saturated heterocycles. The van der Waals surface area contributed by atoms with Crippen LogP contribution in [-0.4, -0.2) is 20.9 Å². The van der Waals surface area contributed by atoms with Gasteiger partial charge < -0.3 is 5.32 Å². The van der Waals surface area contributed by atoms with Crippen molar-refractivity contribution in [3.63, 3.8) is 0 Å². The van der Waals surface area contributed by atoms with Crippen molar-refractivity contribution < 1.29 is 17.6 Å². The molecule has 0 heterocycles. The Balaban J connectivity index is 1.71. The van der Waals surface area contributed by atoms with Crippen molar-refractivity contribution in [1.82, 2.24) is 10.0 Å². The molecule has 8 heteroatoms. The lowest BCUT2D eigenvalue weighted by Crippen LogP contribution is -2.28. The molecule has 2 N–H and O–H groups in total. The monoisotopic (exact) mass is 410 g/mol. The van der Waals surface area contributed by atoms with Crippen molar-refractivity contribution >= 4 is 27.5 Å². The van der Waals surface area contributed by atoms with E-state index >= 15 is 0 Å². The average Bonchev–Trinajstić information content (AvgIpc) is 3.47. The number of sulfonamides is 1. The van der Waals surface area contributed by atoms with Crippen LogP contribution >= 0.6 is 11.6 Å². The van der Waals surface area contributed by atoms with E-state index in [1.165, 1.54) is 36.4 Å². The third kappa shape index (κ3) is 5.06. The Morgan fingerprint density at radius 1 is 1.26 bits per heavy atom. The van der Waals surface area contributed by atoms with Gasteiger partial charge in [-0.15, -0.1) is 0 Å². The van der Waals surface area contributed by atoms with Gasteiger partial charge >= 0.3 is 0 Å². The van der Waals surface area contributed by atoms with Gasteiger partial charge in [0.05, 0.1) is 16.0 Å². The van der Waals surface area contributed by atoms with Crippen molar-refractivity contribution in [3.8, 4) is 0 Å². The number of hydrogen-bond donors (Lipinski definition) is 2. The normalized spacial score (nSPS) is 15.4. The SMILES string of the molecule is CC(NC(=O)c1cccc(S(=O)(=O)NCC2CC2)c1)c1ccc(F)c(Cl)c1. The molecule has 5 nitrogen and oxygen atoms in total. The Morgan fingerprint density at radius 3 is 2.67 bits per heavy atom. The molecule has 27 heavy (non-hydrogen) atoms. The van der Waals surface area contributed by atoms with Gasteiger partial charge in [-0.1, -0.05) is 23.7 Å². The summed E-state index contributed by atoms with van der Waals surface area (Å²) >= 11 is 5.78. The molecular weight excluding hydrogens is 391 g/mol. The summed E-state index contributed by atoms with van der Waals surface area (Å²) in [6.07, 6.45) is 2.08. The number of carbonyl (C=O) groups is 1. The van der Waals surface area contributed by atoms with Crippen molar-refractivity contribution in [2.75, 3.05) is 6.54 Å². The van der Waals surface area contributed by atoms with Crippen LogP contribution in [0.3, 0.4) is 0 Å². The van der Waals surface area contributed by atoms with E-state index in [9.17, 15) is 17.6 Å². The first-order valence-corrected chi connectivity index (χ1v) is 10.5. The topological polar surface area (TPSA) is 75.3 Å². The Kier molecular flexibility index (Phi) is 5.83. The predicted octanol–water partition coefficient (Wildman–Crippen LogP) is 3.66. The zero-order valence-corrected chi connectivity index (χ0v) is 16.3. The fourth-order valence-electron chi connectivity index (χ4n) is 2.58. The molecular formula is C19H20ClFN2O3S. The minimum atomic E-state index is -3.65. The first-order chi connectivity index (χ1) is 12.8. The van der Waals surface area contributed by atoms with E-state index in [2.05, 4.69) is 10.0 Å². The van der Waals surface area contributed by atoms with Crippen LogP contribution in [0.4, 0.5) is 4.39 Å². The molecule has 0 bridgehead atoms. The molecule has 2 aromatic rings. The minimum Gasteiger partial charge on any atom is -0.346 e. The summed E-state index contributed by atoms with van der Waals surface area (Å²) in [5.74, 6) is -0.549. The van der Waals surface area contributed by atoms with Crippen molar-refractivity contribution in [2.24, 2.45) is 5.92 Å². The zero-order chi connectivity index (χ0) is 19.6. The molecule has 3 rings (SSSR count). The number of rotatable bonds is 7. The fourth-order valence-corrected chi connectivity index (χ4v) is 3.93. The van der Waals surface area contributed by atoms with Crippen molar-refractivity contribution in [2.45, 2.75) is 30.7 Å². The van der Waals surface area contributed by atoms with Gasteiger partial charge in [0.25, 0.3) is 5.91 Å². The second-order valence-corrected chi connectivity index (χ2v) is 8.87. The largest absolute Gasteiger partial charge is 0.346 e. The number of benzene rings is 2. The molecule has 2 aromatic carbocycles. The van der Waals surface area contributed by atoms with Gasteiger partial charge in [-0.25, -0.2) is 17.5 Å². The summed E-state index contributed by atoms with van der Waals surface area (Å²) in [6, 6.07) is 9.66. The highest BCUT2D eigenvalue weighted by Gasteiger charge is 2.24. The summed E-state index contributed by atoms with van der Waals surface area (Å²) in [6.45, 7) is 2.15. The maximum atomic E-state index is 13.3. The van der Waals surface area contributed by atoms with E-state index < -0.39 is 27.8 Å². The smallest absolute Gasteiger partial charge is 0.251 e. The number of nitrogens with one attached hydrogen (secondary N) is 2. The lowest BCUT2D eigenvalue weighted by Gasteiger charge is -2.15. The summed E-state index contributed by atoms with van der Waals surface area (Å²) in [5.41, 5.74) is 0.869. The van der Waals surface area contributed by atoms with E-state index in [4.69, 9.17) is 11.6 Å². The first kappa shape index (κ1) is 19.8. The van der Waals surface area contributed by atoms with E-state index in [1.54, 1.807) is 13.0 Å². The molecule has 1 amide bonds. The Labute approximate surface area is 163 Å². The standard InChI is InChI=1S/C19H20ClFN2O3S/c1-12(14-7-8-18(21)17(20)10-14)23-19(24)15-3-2-4-16(9-15)27(25,26)22-11-13-5-6-13/h2-4,7-10,12-13,22H,5-6,11H2,1H3,(H,23,24). The number of hydrogen-bond acceptors (Lipinski definition) is 3. The van der Waals surface area contributed by atoms with Crippen LogP contribution in [0.2, 0.25) is 5.02 Å². The van der Waals surface area contributed by atoms with Crippen molar-refractivity contribution in [1.29, 1.82) is 0 Å². The van der Waals surface area contributed by atoms with E-state index in [0.717, 1.165) is 12.8 Å². The number of amides is 1. The van der Waals surface area contributed by atoms with Gasteiger partial charge in [-0.05, 0) is 61.6 Å². The summed E-state index contributed by atoms with van der Waals surface area (Å²) in [4.78, 5) is 12.6. The molecule has 1 aliphatic carbocycles. The predicted molar refractivity (Wildman–Crippen MR) is 102 cm³/mol. The highest BCUT2D eigenvalue weighted by molar-refractivity contribution is 7.89. The van der Waals surface area contributed by atoms with Gasteiger partial charge in [0.15, 0.2) is 0 Å². The van der Waals surface area contributed by atoms with Crippen LogP contribution in [0, 0.1) is 11.7 Å². The molecule has 1 atom stereocenters. The van der Waals surface area contributed by atoms with Gasteiger partial charge in [0.2, 0.25) is 10.0 Å². The first-order valence-electron chi connectivity index (χ1n) is 8.62. The summed E-state index contributed by atoms with van der Waals surface area (Å²) in [5, 5.41) is 2.74. The van der Waals surface area contributed by atoms with E-state index in [-0.39, 0.29) is 15.5 Å². The Hall–Kier alpha value is -1.96. The lowest BCUT2D eigenvalue weighted by molar-refractivity contribution is 0.0939. The average molecular weight is 411 g/mol. The van der Waals surface area contributed by atoms with Gasteiger partial charge in [-0.2, -0.15) is 0 Å². The Morgan fingerprint density at radius 2 is 2.00 bits per heavy atom. The molecule has 0 aromatic heterocycles. The highest BCUT2D eigenvalue weighted by Crippen LogP contribution is 2.28. The molecule has 1 saturated carbocycles. The molecule has 1 fully saturated rings. The zero-order valence-electron chi connectivity index (χ0n) is 14.7. The highest BCUT2D eigenvalue weighted by atomic mass is 35.5. The molecule has 0 spiro atoms. The number of halogens is 2. The molecule has 144 valence electrons. The van der Waals surface area contributed by atoms with Crippen LogP contribution in [0.25, 0.3) is 0 Å². The summed E-state index contributed by atoms with van der Waals surface area (Å²) in [7, 11) is -3.65. The summed E-state index contributed by atoms with van der Waals surface area (Å²) < 4.78 is 40.6. The third-order valence-corrected chi connectivity index (χ3v) is 6.17. The van der Waals surface area contributed by atoms with E-state index in [1.807, 2.05) is 0 Å². The molecule has 0 radical (unpaired) electrons. The lowest BCUT2D eigenvalue weighted by atomic mass is 10.1. The van der Waals surface area contributed by atoms with Crippen LogP contribution in [0.5, 0.6) is 0 Å². The van der Waals surface area contributed by atoms with Gasteiger partial charge in [0.1, 0.15) is 5.82 Å². The van der Waals surface area contributed by atoms with Gasteiger partial charge in [0, 0.05) is 12.1 Å². The van der Waals surface area contributed by atoms with Crippen LogP contribution < -0.4 is 10.0 Å². The van der Waals surface area contributed by atoms with Crippen LogP contribution in [0.1, 0.15) is 41.7 Å². The van der Waals surface area contributed by atoms with Gasteiger partial charge in [-0.3, -0.25) is 4.79 Å². The minimum absolute atomic E-state index is 0.0246. The quantitative estimate of drug-likeness (QED) is 0.731. The fraction of sp³-hybridized carbons (Fsp3) is 0.316. The van der Waals surface area contributed by atoms with Crippen LogP contribution in [-0.2, 0) is 10.0 Å².